The molecule has 1 aromatic carbocycles. The summed E-state index contributed by atoms with van der Waals surface area (Å²) in [4.78, 5) is 0. The fourth-order valence-electron chi connectivity index (χ4n) is 1.71. The minimum Gasteiger partial charge on any atom is -0.399 e. The number of nitrogens with two attached hydrogens (primary N) is 1. The summed E-state index contributed by atoms with van der Waals surface area (Å²) in [5, 5.41) is 0. The summed E-state index contributed by atoms with van der Waals surface area (Å²) in [5.41, 5.74) is 6.95. The van der Waals surface area contributed by atoms with Crippen LogP contribution in [0.4, 0.5) is 5.69 Å². The lowest BCUT2D eigenvalue weighted by Crippen LogP contribution is -2.30. The first kappa shape index (κ1) is 15.0. The van der Waals surface area contributed by atoms with Crippen LogP contribution in [0.25, 0.3) is 0 Å². The molecule has 0 aliphatic heterocycles. The van der Waals surface area contributed by atoms with Crippen molar-refractivity contribution in [3.8, 4) is 0 Å². The van der Waals surface area contributed by atoms with E-state index in [9.17, 15) is 8.42 Å². The number of sulfonamides is 1. The van der Waals surface area contributed by atoms with E-state index in [1.165, 1.54) is 0 Å². The number of rotatable bonds is 7. The summed E-state index contributed by atoms with van der Waals surface area (Å²) in [5.74, 6) is 0.416. The van der Waals surface area contributed by atoms with E-state index < -0.39 is 10.0 Å². The standard InChI is InChI=1S/C13H22N2O2S/c1-3-11(4-2)9-15-18(16,17)10-12-5-7-13(14)8-6-12/h5-8,11,15H,3-4,9-10,14H2,1-2H3. The smallest absolute Gasteiger partial charge is 0.215 e. The maximum absolute atomic E-state index is 11.9. The van der Waals surface area contributed by atoms with Crippen LogP contribution in [0.15, 0.2) is 24.3 Å². The SMILES string of the molecule is CCC(CC)CNS(=O)(=O)Cc1ccc(N)cc1. The van der Waals surface area contributed by atoms with Gasteiger partial charge < -0.3 is 5.73 Å². The molecule has 0 saturated heterocycles. The Morgan fingerprint density at radius 3 is 2.22 bits per heavy atom. The van der Waals surface area contributed by atoms with Crippen molar-refractivity contribution in [3.05, 3.63) is 29.8 Å². The molecule has 0 fully saturated rings. The van der Waals surface area contributed by atoms with E-state index in [1.54, 1.807) is 24.3 Å². The van der Waals surface area contributed by atoms with Gasteiger partial charge in [0, 0.05) is 12.2 Å². The molecule has 0 spiro atoms. The first-order valence-corrected chi connectivity index (χ1v) is 7.93. The van der Waals surface area contributed by atoms with Crippen molar-refractivity contribution >= 4 is 15.7 Å². The summed E-state index contributed by atoms with van der Waals surface area (Å²) < 4.78 is 26.4. The Balaban J connectivity index is 2.57. The molecule has 1 rings (SSSR count). The molecule has 0 amide bonds. The molecule has 102 valence electrons. The third kappa shape index (κ3) is 5.06. The fraction of sp³-hybridized carbons (Fsp3) is 0.538. The van der Waals surface area contributed by atoms with Crippen molar-refractivity contribution in [1.29, 1.82) is 0 Å². The Labute approximate surface area is 110 Å². The van der Waals surface area contributed by atoms with Crippen LogP contribution in [-0.2, 0) is 15.8 Å². The van der Waals surface area contributed by atoms with Crippen LogP contribution in [0.3, 0.4) is 0 Å². The van der Waals surface area contributed by atoms with Crippen molar-refractivity contribution in [3.63, 3.8) is 0 Å². The van der Waals surface area contributed by atoms with Crippen LogP contribution in [0, 0.1) is 5.92 Å². The van der Waals surface area contributed by atoms with Gasteiger partial charge in [0.15, 0.2) is 0 Å². The first-order chi connectivity index (χ1) is 8.46. The molecule has 0 atom stereocenters. The van der Waals surface area contributed by atoms with E-state index in [2.05, 4.69) is 18.6 Å². The number of anilines is 1. The molecule has 0 unspecified atom stereocenters. The zero-order valence-corrected chi connectivity index (χ0v) is 11.8. The number of nitrogens with one attached hydrogen (secondary N) is 1. The maximum Gasteiger partial charge on any atom is 0.215 e. The Morgan fingerprint density at radius 1 is 1.17 bits per heavy atom. The molecule has 1 aromatic rings. The average molecular weight is 270 g/mol. The van der Waals surface area contributed by atoms with Crippen LogP contribution in [-0.4, -0.2) is 15.0 Å². The van der Waals surface area contributed by atoms with Gasteiger partial charge in [0.25, 0.3) is 0 Å². The highest BCUT2D eigenvalue weighted by Gasteiger charge is 2.13. The van der Waals surface area contributed by atoms with E-state index in [1.807, 2.05) is 0 Å². The highest BCUT2D eigenvalue weighted by molar-refractivity contribution is 7.88. The summed E-state index contributed by atoms with van der Waals surface area (Å²) in [7, 11) is -3.25. The van der Waals surface area contributed by atoms with E-state index in [4.69, 9.17) is 5.73 Å². The van der Waals surface area contributed by atoms with Crippen LogP contribution < -0.4 is 10.5 Å². The lowest BCUT2D eigenvalue weighted by molar-refractivity contribution is 0.478. The van der Waals surface area contributed by atoms with Gasteiger partial charge in [-0.15, -0.1) is 0 Å². The van der Waals surface area contributed by atoms with Crippen molar-refractivity contribution in [2.45, 2.75) is 32.4 Å². The molecule has 0 saturated carbocycles. The summed E-state index contributed by atoms with van der Waals surface area (Å²) in [6.45, 7) is 4.66. The number of nitrogen functional groups attached to an aromatic ring is 1. The van der Waals surface area contributed by atoms with E-state index in [0.29, 0.717) is 18.2 Å². The summed E-state index contributed by atoms with van der Waals surface area (Å²) >= 11 is 0. The summed E-state index contributed by atoms with van der Waals surface area (Å²) in [6.07, 6.45) is 1.97. The van der Waals surface area contributed by atoms with Crippen molar-refractivity contribution in [2.75, 3.05) is 12.3 Å². The molecule has 5 heteroatoms. The van der Waals surface area contributed by atoms with Crippen LogP contribution >= 0.6 is 0 Å². The topological polar surface area (TPSA) is 72.2 Å². The fourth-order valence-corrected chi connectivity index (χ4v) is 2.93. The minimum atomic E-state index is -3.25. The Kier molecular flexibility index (Phi) is 5.62. The average Bonchev–Trinajstić information content (AvgIpc) is 2.33. The molecule has 3 N–H and O–H groups in total. The van der Waals surface area contributed by atoms with Gasteiger partial charge in [0.2, 0.25) is 10.0 Å². The molecule has 0 aliphatic rings. The lowest BCUT2D eigenvalue weighted by Gasteiger charge is -2.13. The van der Waals surface area contributed by atoms with Crippen LogP contribution in [0.2, 0.25) is 0 Å². The third-order valence-corrected chi connectivity index (χ3v) is 4.40. The van der Waals surface area contributed by atoms with Gasteiger partial charge in [0.1, 0.15) is 0 Å². The number of hydrogen-bond acceptors (Lipinski definition) is 3. The molecule has 0 aromatic heterocycles. The second-order valence-corrected chi connectivity index (χ2v) is 6.34. The highest BCUT2D eigenvalue weighted by atomic mass is 32.2. The number of benzene rings is 1. The molecule has 0 radical (unpaired) electrons. The molecule has 0 heterocycles. The minimum absolute atomic E-state index is 0.00737. The van der Waals surface area contributed by atoms with E-state index >= 15 is 0 Å². The summed E-state index contributed by atoms with van der Waals surface area (Å²) in [6, 6.07) is 6.91. The second kappa shape index (κ2) is 6.75. The van der Waals surface area contributed by atoms with E-state index in [0.717, 1.165) is 18.4 Å². The Hall–Kier alpha value is -1.07. The largest absolute Gasteiger partial charge is 0.399 e. The molecule has 18 heavy (non-hydrogen) atoms. The van der Waals surface area contributed by atoms with Gasteiger partial charge in [-0.3, -0.25) is 0 Å². The molecular weight excluding hydrogens is 248 g/mol. The van der Waals surface area contributed by atoms with E-state index in [-0.39, 0.29) is 5.75 Å². The van der Waals surface area contributed by atoms with Crippen LogP contribution in [0.1, 0.15) is 32.3 Å². The Morgan fingerprint density at radius 2 is 1.72 bits per heavy atom. The maximum atomic E-state index is 11.9. The number of hydrogen-bond donors (Lipinski definition) is 2. The molecule has 0 aliphatic carbocycles. The van der Waals surface area contributed by atoms with Crippen molar-refractivity contribution in [1.82, 2.24) is 4.72 Å². The van der Waals surface area contributed by atoms with Gasteiger partial charge in [-0.2, -0.15) is 0 Å². The van der Waals surface area contributed by atoms with Gasteiger partial charge in [-0.05, 0) is 23.6 Å². The zero-order valence-electron chi connectivity index (χ0n) is 11.0. The highest BCUT2D eigenvalue weighted by Crippen LogP contribution is 2.10. The Bertz CT molecular complexity index is 450. The van der Waals surface area contributed by atoms with Crippen LogP contribution in [0.5, 0.6) is 0 Å². The molecule has 0 bridgehead atoms. The van der Waals surface area contributed by atoms with Gasteiger partial charge in [0.05, 0.1) is 5.75 Å². The normalized spacial score (nSPS) is 11.9. The quantitative estimate of drug-likeness (QED) is 0.745. The predicted octanol–water partition coefficient (Wildman–Crippen LogP) is 2.12. The first-order valence-electron chi connectivity index (χ1n) is 6.28. The lowest BCUT2D eigenvalue weighted by atomic mass is 10.0. The predicted molar refractivity (Wildman–Crippen MR) is 75.6 cm³/mol. The molecular formula is C13H22N2O2S. The molecule has 4 nitrogen and oxygen atoms in total. The monoisotopic (exact) mass is 270 g/mol. The third-order valence-electron chi connectivity index (χ3n) is 3.08. The van der Waals surface area contributed by atoms with Crippen molar-refractivity contribution in [2.24, 2.45) is 5.92 Å². The van der Waals surface area contributed by atoms with Gasteiger partial charge in [-0.25, -0.2) is 13.1 Å². The second-order valence-electron chi connectivity index (χ2n) is 4.53. The zero-order chi connectivity index (χ0) is 13.6. The van der Waals surface area contributed by atoms with Crippen molar-refractivity contribution < 1.29 is 8.42 Å². The van der Waals surface area contributed by atoms with Gasteiger partial charge in [-0.1, -0.05) is 38.8 Å². The van der Waals surface area contributed by atoms with Gasteiger partial charge >= 0.3 is 0 Å².